The predicted molar refractivity (Wildman–Crippen MR) is 133 cm³/mol. The van der Waals surface area contributed by atoms with Gasteiger partial charge in [0.15, 0.2) is 0 Å². The van der Waals surface area contributed by atoms with Gasteiger partial charge in [-0.25, -0.2) is 0 Å². The quantitative estimate of drug-likeness (QED) is 0.209. The zero-order chi connectivity index (χ0) is 27.3. The maximum atomic E-state index is 14.4. The number of ether oxygens (including phenoxy) is 2. The molecule has 4 rings (SSSR count). The Balaban J connectivity index is 0.00000361. The molecule has 4 aliphatic carbocycles. The fraction of sp³-hybridized carbons (Fsp3) is 0.929. The molecule has 0 amide bonds. The first-order chi connectivity index (χ1) is 16.3. The van der Waals surface area contributed by atoms with Crippen molar-refractivity contribution < 1.29 is 45.4 Å². The first kappa shape index (κ1) is 34.5. The van der Waals surface area contributed by atoms with E-state index in [1.165, 1.54) is 13.8 Å². The number of hydrogen-bond donors (Lipinski definition) is 0. The van der Waals surface area contributed by atoms with E-state index in [2.05, 4.69) is 4.74 Å². The van der Waals surface area contributed by atoms with Crippen molar-refractivity contribution in [2.75, 3.05) is 0 Å². The standard InChI is InChI=1S/C26H38F6O4.2CH4/c1-6-22(4,5)20(33)35-19(7-15(2)3)14-24(25(27,28)29,26(30,31)32)36-21(34)23-11-16-8-17(12-23)10-18(9-16)13-23;;/h15-19H,6-14H2,1-5H3;2*1H4. The highest BCUT2D eigenvalue weighted by Crippen LogP contribution is 2.61. The first-order valence-electron chi connectivity index (χ1n) is 12.9. The summed E-state index contributed by atoms with van der Waals surface area (Å²) < 4.78 is 96.3. The van der Waals surface area contributed by atoms with Crippen LogP contribution in [0.2, 0.25) is 0 Å². The molecule has 4 bridgehead atoms. The van der Waals surface area contributed by atoms with Crippen molar-refractivity contribution in [1.29, 1.82) is 0 Å². The highest BCUT2D eigenvalue weighted by atomic mass is 19.4. The lowest BCUT2D eigenvalue weighted by molar-refractivity contribution is -0.378. The van der Waals surface area contributed by atoms with Crippen molar-refractivity contribution in [3.05, 3.63) is 0 Å². The Labute approximate surface area is 223 Å². The van der Waals surface area contributed by atoms with Crippen molar-refractivity contribution >= 4 is 11.9 Å². The van der Waals surface area contributed by atoms with E-state index in [4.69, 9.17) is 4.74 Å². The molecule has 0 spiro atoms. The minimum absolute atomic E-state index is 0. The van der Waals surface area contributed by atoms with Gasteiger partial charge < -0.3 is 9.47 Å². The minimum atomic E-state index is -5.95. The van der Waals surface area contributed by atoms with Crippen molar-refractivity contribution in [1.82, 2.24) is 0 Å². The summed E-state index contributed by atoms with van der Waals surface area (Å²) in [6.07, 6.45) is -12.0. The summed E-state index contributed by atoms with van der Waals surface area (Å²) in [4.78, 5) is 25.9. The average Bonchev–Trinajstić information content (AvgIpc) is 2.69. The zero-order valence-corrected chi connectivity index (χ0v) is 21.7. The van der Waals surface area contributed by atoms with Crippen LogP contribution in [-0.4, -0.2) is 36.0 Å². The second-order valence-corrected chi connectivity index (χ2v) is 12.5. The molecule has 0 radical (unpaired) electrons. The topological polar surface area (TPSA) is 52.6 Å². The van der Waals surface area contributed by atoms with Crippen molar-refractivity contribution in [3.63, 3.8) is 0 Å². The van der Waals surface area contributed by atoms with Gasteiger partial charge in [0.2, 0.25) is 0 Å². The Morgan fingerprint density at radius 1 is 0.868 bits per heavy atom. The number of alkyl halides is 6. The van der Waals surface area contributed by atoms with Crippen LogP contribution in [0.1, 0.15) is 107 Å². The second kappa shape index (κ2) is 11.6. The predicted octanol–water partition coefficient (Wildman–Crippen LogP) is 8.67. The first-order valence-corrected chi connectivity index (χ1v) is 12.9. The van der Waals surface area contributed by atoms with Crippen LogP contribution in [0.25, 0.3) is 0 Å². The summed E-state index contributed by atoms with van der Waals surface area (Å²) in [5.74, 6) is -2.30. The molecule has 0 saturated heterocycles. The van der Waals surface area contributed by atoms with E-state index in [9.17, 15) is 35.9 Å². The molecule has 4 nitrogen and oxygen atoms in total. The van der Waals surface area contributed by atoms with Crippen LogP contribution in [0.3, 0.4) is 0 Å². The molecule has 1 unspecified atom stereocenters. The SMILES string of the molecule is C.C.CCC(C)(C)C(=O)OC(CC(C)C)CC(OC(=O)C12CC3CC(CC(C3)C1)C2)(C(F)(F)F)C(F)(F)F. The molecule has 0 aliphatic heterocycles. The zero-order valence-electron chi connectivity index (χ0n) is 21.7. The largest absolute Gasteiger partial charge is 0.462 e. The fourth-order valence-corrected chi connectivity index (χ4v) is 6.65. The Hall–Kier alpha value is -1.48. The molecule has 38 heavy (non-hydrogen) atoms. The number of rotatable bonds is 9. The third kappa shape index (κ3) is 6.62. The van der Waals surface area contributed by atoms with E-state index >= 15 is 0 Å². The Morgan fingerprint density at radius 3 is 1.63 bits per heavy atom. The molecule has 224 valence electrons. The van der Waals surface area contributed by atoms with Gasteiger partial charge in [0.1, 0.15) is 6.10 Å². The molecule has 1 atom stereocenters. The molecule has 4 saturated carbocycles. The van der Waals surface area contributed by atoms with Crippen molar-refractivity contribution in [2.24, 2.45) is 34.5 Å². The molecule has 10 heteroatoms. The molecule has 0 aromatic rings. The van der Waals surface area contributed by atoms with Crippen molar-refractivity contribution in [2.45, 2.75) is 131 Å². The van der Waals surface area contributed by atoms with Gasteiger partial charge in [-0.1, -0.05) is 35.6 Å². The van der Waals surface area contributed by atoms with Crippen LogP contribution in [0, 0.1) is 34.5 Å². The summed E-state index contributed by atoms with van der Waals surface area (Å²) >= 11 is 0. The molecule has 4 aliphatic rings. The van der Waals surface area contributed by atoms with Crippen LogP contribution < -0.4 is 0 Å². The molecule has 0 N–H and O–H groups in total. The van der Waals surface area contributed by atoms with E-state index < -0.39 is 53.2 Å². The van der Waals surface area contributed by atoms with Crippen LogP contribution in [0.4, 0.5) is 26.3 Å². The van der Waals surface area contributed by atoms with Crippen LogP contribution in [0.5, 0.6) is 0 Å². The highest BCUT2D eigenvalue weighted by Gasteiger charge is 2.75. The lowest BCUT2D eigenvalue weighted by Gasteiger charge is -2.55. The lowest BCUT2D eigenvalue weighted by atomic mass is 9.49. The van der Waals surface area contributed by atoms with E-state index in [1.807, 2.05) is 0 Å². The van der Waals surface area contributed by atoms with Gasteiger partial charge in [-0.2, -0.15) is 26.3 Å². The molecule has 0 aromatic heterocycles. The Morgan fingerprint density at radius 2 is 1.29 bits per heavy atom. The fourth-order valence-electron chi connectivity index (χ4n) is 6.65. The molecule has 0 aromatic carbocycles. The number of carbonyl (C=O) groups excluding carboxylic acids is 2. The van der Waals surface area contributed by atoms with Gasteiger partial charge in [-0.3, -0.25) is 9.59 Å². The van der Waals surface area contributed by atoms with E-state index in [0.29, 0.717) is 0 Å². The lowest BCUT2D eigenvalue weighted by Crippen LogP contribution is -2.63. The number of halogens is 6. The second-order valence-electron chi connectivity index (χ2n) is 12.5. The summed E-state index contributed by atoms with van der Waals surface area (Å²) in [5, 5.41) is 0. The summed E-state index contributed by atoms with van der Waals surface area (Å²) in [6, 6.07) is 0. The monoisotopic (exact) mass is 560 g/mol. The van der Waals surface area contributed by atoms with Gasteiger partial charge in [0, 0.05) is 6.42 Å². The Bertz CT molecular complexity index is 781. The van der Waals surface area contributed by atoms with Gasteiger partial charge >= 0.3 is 29.9 Å². The molecule has 4 fully saturated rings. The summed E-state index contributed by atoms with van der Waals surface area (Å²) in [5.41, 5.74) is -7.17. The van der Waals surface area contributed by atoms with Crippen LogP contribution in [-0.2, 0) is 19.1 Å². The molecule has 0 heterocycles. The Kier molecular flexibility index (Phi) is 10.5. The highest BCUT2D eigenvalue weighted by molar-refractivity contribution is 5.78. The van der Waals surface area contributed by atoms with Gasteiger partial charge in [0.25, 0.3) is 0 Å². The van der Waals surface area contributed by atoms with E-state index in [0.717, 1.165) is 19.3 Å². The van der Waals surface area contributed by atoms with Gasteiger partial charge in [0.05, 0.1) is 10.8 Å². The minimum Gasteiger partial charge on any atom is -0.462 e. The van der Waals surface area contributed by atoms with Crippen LogP contribution >= 0.6 is 0 Å². The summed E-state index contributed by atoms with van der Waals surface area (Å²) in [7, 11) is 0. The smallest absolute Gasteiger partial charge is 0.437 e. The van der Waals surface area contributed by atoms with Crippen LogP contribution in [0.15, 0.2) is 0 Å². The molecular formula is C28H46F6O4. The third-order valence-corrected chi connectivity index (χ3v) is 8.61. The number of carbonyl (C=O) groups is 2. The maximum absolute atomic E-state index is 14.4. The average molecular weight is 561 g/mol. The summed E-state index contributed by atoms with van der Waals surface area (Å²) in [6.45, 7) is 7.90. The maximum Gasteiger partial charge on any atom is 0.437 e. The van der Waals surface area contributed by atoms with Crippen molar-refractivity contribution in [3.8, 4) is 0 Å². The van der Waals surface area contributed by atoms with E-state index in [-0.39, 0.29) is 70.6 Å². The molecular weight excluding hydrogens is 514 g/mol. The van der Waals surface area contributed by atoms with Gasteiger partial charge in [-0.05, 0) is 88.9 Å². The van der Waals surface area contributed by atoms with Gasteiger partial charge in [-0.15, -0.1) is 0 Å². The number of hydrogen-bond acceptors (Lipinski definition) is 4. The third-order valence-electron chi connectivity index (χ3n) is 8.61. The van der Waals surface area contributed by atoms with E-state index in [1.54, 1.807) is 20.8 Å². The normalized spacial score (nSPS) is 27.8. The number of esters is 2.